The van der Waals surface area contributed by atoms with E-state index in [0.717, 1.165) is 0 Å². The summed E-state index contributed by atoms with van der Waals surface area (Å²) in [7, 11) is 0. The Hall–Kier alpha value is 1.16. The van der Waals surface area contributed by atoms with Crippen LogP contribution in [0.3, 0.4) is 0 Å². The minimum atomic E-state index is -1.46. The first-order valence-corrected chi connectivity index (χ1v) is 18.0. The van der Waals surface area contributed by atoms with E-state index < -0.39 is 4.25 Å². The van der Waals surface area contributed by atoms with Gasteiger partial charge in [-0.25, -0.2) is 0 Å². The Balaban J connectivity index is 4.33. The first-order chi connectivity index (χ1) is 12.5. The fraction of sp³-hybridized carbons (Fsp3) is 1.00. The van der Waals surface area contributed by atoms with Crippen molar-refractivity contribution < 1.29 is 0 Å². The van der Waals surface area contributed by atoms with Gasteiger partial charge >= 0.3 is 181 Å². The molecule has 0 spiro atoms. The second-order valence-corrected chi connectivity index (χ2v) is 22.6. The van der Waals surface area contributed by atoms with Crippen molar-refractivity contribution in [2.45, 2.75) is 130 Å². The fourth-order valence-corrected chi connectivity index (χ4v) is 15.3. The van der Waals surface area contributed by atoms with Gasteiger partial charge in [-0.05, 0) is 0 Å². The normalized spacial score (nSPS) is 13.7. The van der Waals surface area contributed by atoms with E-state index >= 15 is 0 Å². The molecule has 0 unspecified atom stereocenters. The van der Waals surface area contributed by atoms with Crippen LogP contribution in [0.4, 0.5) is 0 Å². The van der Waals surface area contributed by atoms with Gasteiger partial charge in [0.15, 0.2) is 0 Å². The summed E-state index contributed by atoms with van der Waals surface area (Å²) in [5.74, 6) is 0. The van der Waals surface area contributed by atoms with Crippen LogP contribution in [0.5, 0.6) is 0 Å². The number of halogens is 1. The molecule has 0 saturated carbocycles. The van der Waals surface area contributed by atoms with Gasteiger partial charge in [0.2, 0.25) is 0 Å². The van der Waals surface area contributed by atoms with Gasteiger partial charge in [0.05, 0.1) is 0 Å². The molecule has 0 bridgehead atoms. The Kier molecular flexibility index (Phi) is 17.8. The molecule has 26 heavy (non-hydrogen) atoms. The monoisotopic (exact) mass is 498 g/mol. The van der Waals surface area contributed by atoms with Gasteiger partial charge in [0, 0.05) is 0 Å². The SMILES string of the molecule is CCCCCCCCCP(I)(CCC)(CCC)CCCCCCCCC. The second kappa shape index (κ2) is 17.1. The zero-order chi connectivity index (χ0) is 19.6. The predicted molar refractivity (Wildman–Crippen MR) is 137 cm³/mol. The Morgan fingerprint density at radius 2 is 0.692 bits per heavy atom. The maximum atomic E-state index is 3.09. The molecule has 0 nitrogen and oxygen atoms in total. The molecule has 0 N–H and O–H groups in total. The Bertz CT molecular complexity index is 275. The Morgan fingerprint density at radius 1 is 0.385 bits per heavy atom. The van der Waals surface area contributed by atoms with Crippen molar-refractivity contribution in [3.8, 4) is 0 Å². The Morgan fingerprint density at radius 3 is 1.00 bits per heavy atom. The second-order valence-electron chi connectivity index (χ2n) is 8.96. The number of unbranched alkanes of at least 4 members (excludes halogenated alkanes) is 12. The van der Waals surface area contributed by atoms with Crippen LogP contribution in [0.25, 0.3) is 0 Å². The van der Waals surface area contributed by atoms with Crippen LogP contribution in [0.15, 0.2) is 0 Å². The minimum absolute atomic E-state index is 1.37. The zero-order valence-electron chi connectivity index (χ0n) is 19.0. The van der Waals surface area contributed by atoms with Crippen LogP contribution in [0, 0.1) is 0 Å². The molecule has 0 aliphatic carbocycles. The molecule has 0 radical (unpaired) electrons. The first kappa shape index (κ1) is 27.2. The molecule has 0 atom stereocenters. The van der Waals surface area contributed by atoms with Crippen molar-refractivity contribution in [3.05, 3.63) is 0 Å². The van der Waals surface area contributed by atoms with Crippen LogP contribution in [0.1, 0.15) is 130 Å². The summed E-state index contributed by atoms with van der Waals surface area (Å²) in [5, 5.41) is 0. The van der Waals surface area contributed by atoms with Gasteiger partial charge in [-0.1, -0.05) is 0 Å². The van der Waals surface area contributed by atoms with Crippen molar-refractivity contribution in [3.63, 3.8) is 0 Å². The van der Waals surface area contributed by atoms with Gasteiger partial charge in [0.25, 0.3) is 0 Å². The van der Waals surface area contributed by atoms with Crippen molar-refractivity contribution >= 4 is 26.3 Å². The predicted octanol–water partition coefficient (Wildman–Crippen LogP) is 10.2. The van der Waals surface area contributed by atoms with Crippen molar-refractivity contribution in [1.82, 2.24) is 0 Å². The summed E-state index contributed by atoms with van der Waals surface area (Å²) < 4.78 is -1.46. The Labute approximate surface area is 180 Å². The fourth-order valence-electron chi connectivity index (χ4n) is 4.72. The third kappa shape index (κ3) is 13.4. The van der Waals surface area contributed by atoms with Gasteiger partial charge < -0.3 is 0 Å². The van der Waals surface area contributed by atoms with Gasteiger partial charge in [0.1, 0.15) is 0 Å². The molecule has 0 aromatic carbocycles. The van der Waals surface area contributed by atoms with E-state index in [1.165, 1.54) is 103 Å². The van der Waals surface area contributed by atoms with Crippen molar-refractivity contribution in [2.24, 2.45) is 0 Å². The van der Waals surface area contributed by atoms with Crippen LogP contribution < -0.4 is 0 Å². The summed E-state index contributed by atoms with van der Waals surface area (Å²) in [6.07, 6.45) is 29.6. The standard InChI is InChI=1S/C24H52IP/c1-5-9-11-13-15-17-19-23-26(25,21-7-3,22-8-4)24-20-18-16-14-12-10-6-2/h5-24H2,1-4H3. The maximum absolute atomic E-state index is 3.09. The number of rotatable bonds is 20. The first-order valence-electron chi connectivity index (χ1n) is 12.3. The number of hydrogen-bond donors (Lipinski definition) is 0. The third-order valence-electron chi connectivity index (χ3n) is 6.21. The van der Waals surface area contributed by atoms with E-state index in [-0.39, 0.29) is 0 Å². The third-order valence-corrected chi connectivity index (χ3v) is 18.0. The van der Waals surface area contributed by atoms with E-state index in [2.05, 4.69) is 49.7 Å². The molecular weight excluding hydrogens is 446 g/mol. The molecule has 0 saturated heterocycles. The van der Waals surface area contributed by atoms with Gasteiger partial charge in [-0.15, -0.1) is 0 Å². The molecule has 0 amide bonds. The molecule has 0 aliphatic rings. The average molecular weight is 499 g/mol. The molecule has 2 heteroatoms. The summed E-state index contributed by atoms with van der Waals surface area (Å²) in [4.78, 5) is 0. The van der Waals surface area contributed by atoms with Crippen LogP contribution in [-0.2, 0) is 0 Å². The van der Waals surface area contributed by atoms with E-state index in [1.54, 1.807) is 24.6 Å². The molecule has 0 heterocycles. The van der Waals surface area contributed by atoms with E-state index in [4.69, 9.17) is 0 Å². The van der Waals surface area contributed by atoms with Gasteiger partial charge in [-0.3, -0.25) is 0 Å². The van der Waals surface area contributed by atoms with Gasteiger partial charge in [-0.2, -0.15) is 0 Å². The van der Waals surface area contributed by atoms with E-state index in [9.17, 15) is 0 Å². The van der Waals surface area contributed by atoms with E-state index in [1.807, 2.05) is 0 Å². The van der Waals surface area contributed by atoms with Crippen LogP contribution in [-0.4, -0.2) is 24.6 Å². The topological polar surface area (TPSA) is 0 Å². The average Bonchev–Trinajstić information content (AvgIpc) is 2.61. The summed E-state index contributed by atoms with van der Waals surface area (Å²) in [6, 6.07) is 0. The summed E-state index contributed by atoms with van der Waals surface area (Å²) in [5.41, 5.74) is 0. The molecule has 0 aromatic heterocycles. The number of hydrogen-bond acceptors (Lipinski definition) is 0. The molecule has 0 fully saturated rings. The van der Waals surface area contributed by atoms with Crippen molar-refractivity contribution in [2.75, 3.05) is 24.6 Å². The summed E-state index contributed by atoms with van der Waals surface area (Å²) in [6.45, 7) is 9.51. The van der Waals surface area contributed by atoms with E-state index in [0.29, 0.717) is 0 Å². The molecule has 0 rings (SSSR count). The quantitative estimate of drug-likeness (QED) is 0.0890. The molecule has 0 aromatic rings. The zero-order valence-corrected chi connectivity index (χ0v) is 22.0. The van der Waals surface area contributed by atoms with Crippen LogP contribution in [0.2, 0.25) is 0 Å². The van der Waals surface area contributed by atoms with Crippen LogP contribution >= 0.6 is 26.3 Å². The summed E-state index contributed by atoms with van der Waals surface area (Å²) >= 11 is 3.09. The molecule has 160 valence electrons. The molecular formula is C24H52IP. The molecule has 0 aliphatic heterocycles. The van der Waals surface area contributed by atoms with Crippen molar-refractivity contribution in [1.29, 1.82) is 0 Å².